The summed E-state index contributed by atoms with van der Waals surface area (Å²) in [7, 11) is 0. The number of carboxylic acid groups (broad SMARTS) is 1. The summed E-state index contributed by atoms with van der Waals surface area (Å²) in [5, 5.41) is 12.7. The normalized spacial score (nSPS) is 24.7. The lowest BCUT2D eigenvalue weighted by atomic mass is 9.89. The first kappa shape index (κ1) is 14.1. The third-order valence-corrected chi connectivity index (χ3v) is 4.43. The molecule has 0 radical (unpaired) electrons. The molecule has 1 fully saturated rings. The van der Waals surface area contributed by atoms with Crippen LogP contribution in [0.25, 0.3) is 0 Å². The minimum absolute atomic E-state index is 0.0511. The maximum atomic E-state index is 12.4. The van der Waals surface area contributed by atoms with E-state index in [9.17, 15) is 14.7 Å². The number of amides is 1. The molecule has 0 spiro atoms. The van der Waals surface area contributed by atoms with Crippen LogP contribution in [0.2, 0.25) is 0 Å². The Balaban J connectivity index is 1.76. The summed E-state index contributed by atoms with van der Waals surface area (Å²) in [6.45, 7) is 1.77. The van der Waals surface area contributed by atoms with Crippen molar-refractivity contribution in [3.05, 3.63) is 35.4 Å². The highest BCUT2D eigenvalue weighted by molar-refractivity contribution is 5.81. The van der Waals surface area contributed by atoms with Crippen molar-refractivity contribution in [2.24, 2.45) is 0 Å². The fraction of sp³-hybridized carbons (Fsp3) is 0.500. The van der Waals surface area contributed by atoms with E-state index in [-0.39, 0.29) is 18.5 Å². The van der Waals surface area contributed by atoms with E-state index in [2.05, 4.69) is 5.32 Å². The van der Waals surface area contributed by atoms with Crippen LogP contribution in [0.15, 0.2) is 24.3 Å². The highest BCUT2D eigenvalue weighted by Gasteiger charge is 2.33. The molecule has 1 aromatic rings. The standard InChI is InChI=1S/C16H20N2O3/c19-15(8-12-5-3-7-17-12)18-9-11-4-1-2-6-13(11)14(10-18)16(20)21/h1-2,4,6,12,14,17H,3,5,7-10H2,(H,20,21). The minimum Gasteiger partial charge on any atom is -0.481 e. The second-order valence-corrected chi connectivity index (χ2v) is 5.86. The van der Waals surface area contributed by atoms with Gasteiger partial charge < -0.3 is 15.3 Å². The number of rotatable bonds is 3. The van der Waals surface area contributed by atoms with E-state index in [1.54, 1.807) is 4.90 Å². The number of aliphatic carboxylic acids is 1. The Bertz CT molecular complexity index is 552. The van der Waals surface area contributed by atoms with Gasteiger partial charge in [-0.25, -0.2) is 0 Å². The average molecular weight is 288 g/mol. The van der Waals surface area contributed by atoms with Crippen LogP contribution >= 0.6 is 0 Å². The number of benzene rings is 1. The van der Waals surface area contributed by atoms with Gasteiger partial charge in [-0.1, -0.05) is 24.3 Å². The Labute approximate surface area is 123 Å². The fourth-order valence-electron chi connectivity index (χ4n) is 3.28. The lowest BCUT2D eigenvalue weighted by Gasteiger charge is -2.33. The lowest BCUT2D eigenvalue weighted by Crippen LogP contribution is -2.42. The van der Waals surface area contributed by atoms with Gasteiger partial charge in [-0.05, 0) is 30.5 Å². The molecule has 2 unspecified atom stereocenters. The zero-order valence-electron chi connectivity index (χ0n) is 11.9. The molecule has 1 saturated heterocycles. The molecule has 2 atom stereocenters. The Morgan fingerprint density at radius 3 is 2.86 bits per heavy atom. The molecule has 1 amide bonds. The van der Waals surface area contributed by atoms with Crippen LogP contribution in [0.4, 0.5) is 0 Å². The smallest absolute Gasteiger partial charge is 0.312 e. The number of carbonyl (C=O) groups is 2. The van der Waals surface area contributed by atoms with Gasteiger partial charge in [-0.15, -0.1) is 0 Å². The summed E-state index contributed by atoms with van der Waals surface area (Å²) in [5.41, 5.74) is 1.79. The third kappa shape index (κ3) is 2.93. The zero-order valence-corrected chi connectivity index (χ0v) is 11.9. The number of carboxylic acids is 1. The van der Waals surface area contributed by atoms with Crippen molar-refractivity contribution < 1.29 is 14.7 Å². The van der Waals surface area contributed by atoms with Crippen molar-refractivity contribution in [1.29, 1.82) is 0 Å². The summed E-state index contributed by atoms with van der Waals surface area (Å²) in [4.78, 5) is 25.6. The summed E-state index contributed by atoms with van der Waals surface area (Å²) in [6, 6.07) is 7.77. The number of nitrogens with one attached hydrogen (secondary N) is 1. The fourth-order valence-corrected chi connectivity index (χ4v) is 3.28. The van der Waals surface area contributed by atoms with Gasteiger partial charge in [0.25, 0.3) is 0 Å². The van der Waals surface area contributed by atoms with Crippen LogP contribution < -0.4 is 5.32 Å². The van der Waals surface area contributed by atoms with E-state index < -0.39 is 11.9 Å². The van der Waals surface area contributed by atoms with Crippen molar-refractivity contribution in [3.8, 4) is 0 Å². The van der Waals surface area contributed by atoms with Crippen molar-refractivity contribution in [3.63, 3.8) is 0 Å². The Hall–Kier alpha value is -1.88. The van der Waals surface area contributed by atoms with Gasteiger partial charge in [-0.2, -0.15) is 0 Å². The highest BCUT2D eigenvalue weighted by Crippen LogP contribution is 2.29. The number of nitrogens with zero attached hydrogens (tertiary/aromatic N) is 1. The summed E-state index contributed by atoms with van der Waals surface area (Å²) in [5.74, 6) is -1.43. The molecule has 2 aliphatic rings. The molecule has 3 rings (SSSR count). The van der Waals surface area contributed by atoms with Gasteiger partial charge in [0.2, 0.25) is 5.91 Å². The van der Waals surface area contributed by atoms with Gasteiger partial charge in [0.15, 0.2) is 0 Å². The van der Waals surface area contributed by atoms with Gasteiger partial charge >= 0.3 is 5.97 Å². The molecule has 0 aromatic heterocycles. The van der Waals surface area contributed by atoms with E-state index in [4.69, 9.17) is 0 Å². The molecule has 0 saturated carbocycles. The Morgan fingerprint density at radius 1 is 1.33 bits per heavy atom. The molecule has 2 N–H and O–H groups in total. The van der Waals surface area contributed by atoms with Crippen LogP contribution in [0.1, 0.15) is 36.3 Å². The monoisotopic (exact) mass is 288 g/mol. The highest BCUT2D eigenvalue weighted by atomic mass is 16.4. The molecular weight excluding hydrogens is 268 g/mol. The maximum Gasteiger partial charge on any atom is 0.312 e. The molecule has 5 nitrogen and oxygen atoms in total. The second-order valence-electron chi connectivity index (χ2n) is 5.86. The Kier molecular flexibility index (Phi) is 3.92. The summed E-state index contributed by atoms with van der Waals surface area (Å²) in [6.07, 6.45) is 2.60. The third-order valence-electron chi connectivity index (χ3n) is 4.43. The van der Waals surface area contributed by atoms with Crippen LogP contribution in [0.3, 0.4) is 0 Å². The Morgan fingerprint density at radius 2 is 2.14 bits per heavy atom. The molecule has 5 heteroatoms. The zero-order chi connectivity index (χ0) is 14.8. The van der Waals surface area contributed by atoms with Crippen LogP contribution in [0.5, 0.6) is 0 Å². The van der Waals surface area contributed by atoms with Crippen molar-refractivity contribution in [2.45, 2.75) is 37.8 Å². The first-order valence-corrected chi connectivity index (χ1v) is 7.47. The molecule has 0 aliphatic carbocycles. The SMILES string of the molecule is O=C(O)C1CN(C(=O)CC2CCCN2)Cc2ccccc21. The first-order valence-electron chi connectivity index (χ1n) is 7.47. The minimum atomic E-state index is -0.862. The van der Waals surface area contributed by atoms with Crippen LogP contribution in [0, 0.1) is 0 Å². The van der Waals surface area contributed by atoms with Crippen molar-refractivity contribution >= 4 is 11.9 Å². The van der Waals surface area contributed by atoms with E-state index >= 15 is 0 Å². The predicted octanol–water partition coefficient (Wildman–Crippen LogP) is 1.34. The van der Waals surface area contributed by atoms with Crippen LogP contribution in [-0.4, -0.2) is 41.0 Å². The molecule has 112 valence electrons. The van der Waals surface area contributed by atoms with E-state index in [1.807, 2.05) is 24.3 Å². The number of carbonyl (C=O) groups excluding carboxylic acids is 1. The molecule has 1 aromatic carbocycles. The van der Waals surface area contributed by atoms with Crippen molar-refractivity contribution in [2.75, 3.05) is 13.1 Å². The summed E-state index contributed by atoms with van der Waals surface area (Å²) >= 11 is 0. The summed E-state index contributed by atoms with van der Waals surface area (Å²) < 4.78 is 0. The topological polar surface area (TPSA) is 69.6 Å². The quantitative estimate of drug-likeness (QED) is 0.880. The van der Waals surface area contributed by atoms with Gasteiger partial charge in [0.05, 0.1) is 5.92 Å². The molecule has 21 heavy (non-hydrogen) atoms. The largest absolute Gasteiger partial charge is 0.481 e. The van der Waals surface area contributed by atoms with Gasteiger partial charge in [0, 0.05) is 25.6 Å². The molecule has 0 bridgehead atoms. The van der Waals surface area contributed by atoms with Crippen LogP contribution in [-0.2, 0) is 16.1 Å². The lowest BCUT2D eigenvalue weighted by molar-refractivity contribution is -0.141. The number of fused-ring (bicyclic) bond motifs is 1. The first-order chi connectivity index (χ1) is 10.1. The van der Waals surface area contributed by atoms with Gasteiger partial charge in [-0.3, -0.25) is 9.59 Å². The molecule has 2 aliphatic heterocycles. The molecule has 2 heterocycles. The number of hydrogen-bond donors (Lipinski definition) is 2. The predicted molar refractivity (Wildman–Crippen MR) is 77.9 cm³/mol. The van der Waals surface area contributed by atoms with E-state index in [0.29, 0.717) is 13.0 Å². The maximum absolute atomic E-state index is 12.4. The van der Waals surface area contributed by atoms with Gasteiger partial charge in [0.1, 0.15) is 0 Å². The van der Waals surface area contributed by atoms with E-state index in [0.717, 1.165) is 30.5 Å². The average Bonchev–Trinajstić information content (AvgIpc) is 2.98. The van der Waals surface area contributed by atoms with E-state index in [1.165, 1.54) is 0 Å². The second kappa shape index (κ2) is 5.85. The molecular formula is C16H20N2O3. The number of hydrogen-bond acceptors (Lipinski definition) is 3. The van der Waals surface area contributed by atoms with Crippen molar-refractivity contribution in [1.82, 2.24) is 10.2 Å².